The highest BCUT2D eigenvalue weighted by Crippen LogP contribution is 2.48. The average Bonchev–Trinajstić information content (AvgIpc) is 2.85. The molecule has 1 aromatic rings. The van der Waals surface area contributed by atoms with E-state index in [0.717, 1.165) is 30.9 Å². The molecule has 2 heterocycles. The van der Waals surface area contributed by atoms with Crippen LogP contribution in [0.5, 0.6) is 0 Å². The van der Waals surface area contributed by atoms with Crippen LogP contribution >= 0.6 is 0 Å². The SMILES string of the molecule is Cc1nc(C)n(CCCC(=O)N[C@@H]2C[C@@H](O)C23CCOCC3)n1. The molecule has 23 heavy (non-hydrogen) atoms. The van der Waals surface area contributed by atoms with Gasteiger partial charge in [-0.25, -0.2) is 4.98 Å². The Bertz CT molecular complexity index is 566. The van der Waals surface area contributed by atoms with Gasteiger partial charge in [-0.15, -0.1) is 0 Å². The number of aliphatic hydroxyl groups excluding tert-OH is 1. The Balaban J connectivity index is 1.45. The second kappa shape index (κ2) is 6.57. The van der Waals surface area contributed by atoms with Crippen LogP contribution in [-0.2, 0) is 16.1 Å². The van der Waals surface area contributed by atoms with Gasteiger partial charge in [0.05, 0.1) is 6.10 Å². The molecule has 0 radical (unpaired) electrons. The van der Waals surface area contributed by atoms with E-state index in [9.17, 15) is 9.90 Å². The normalized spacial score (nSPS) is 26.0. The number of carbonyl (C=O) groups is 1. The number of hydrogen-bond donors (Lipinski definition) is 2. The minimum absolute atomic E-state index is 0.0576. The molecule has 1 aliphatic heterocycles. The minimum atomic E-state index is -0.308. The van der Waals surface area contributed by atoms with Crippen molar-refractivity contribution in [2.75, 3.05) is 13.2 Å². The first-order chi connectivity index (χ1) is 11.0. The molecular formula is C16H26N4O3. The number of carbonyl (C=O) groups excluding carboxylic acids is 1. The third-order valence-electron chi connectivity index (χ3n) is 5.31. The zero-order chi connectivity index (χ0) is 16.4. The Labute approximate surface area is 136 Å². The highest BCUT2D eigenvalue weighted by Gasteiger charge is 2.55. The maximum atomic E-state index is 12.2. The van der Waals surface area contributed by atoms with E-state index in [1.165, 1.54) is 0 Å². The summed E-state index contributed by atoms with van der Waals surface area (Å²) in [5.41, 5.74) is -0.159. The molecule has 128 valence electrons. The van der Waals surface area contributed by atoms with Crippen LogP contribution in [0.4, 0.5) is 0 Å². The fraction of sp³-hybridized carbons (Fsp3) is 0.812. The number of nitrogens with zero attached hydrogens (tertiary/aromatic N) is 3. The van der Waals surface area contributed by atoms with Crippen molar-refractivity contribution in [2.24, 2.45) is 5.41 Å². The van der Waals surface area contributed by atoms with E-state index in [-0.39, 0.29) is 23.5 Å². The summed E-state index contributed by atoms with van der Waals surface area (Å²) in [6.45, 7) is 5.84. The monoisotopic (exact) mass is 322 g/mol. The lowest BCUT2D eigenvalue weighted by Crippen LogP contribution is -2.65. The summed E-state index contributed by atoms with van der Waals surface area (Å²) in [7, 11) is 0. The second-order valence-corrected chi connectivity index (χ2v) is 6.75. The number of nitrogens with one attached hydrogen (secondary N) is 1. The Morgan fingerprint density at radius 1 is 1.43 bits per heavy atom. The van der Waals surface area contributed by atoms with Crippen LogP contribution in [0.2, 0.25) is 0 Å². The van der Waals surface area contributed by atoms with Crippen molar-refractivity contribution in [3.8, 4) is 0 Å². The maximum Gasteiger partial charge on any atom is 0.220 e. The number of ether oxygens (including phenoxy) is 1. The molecule has 1 aliphatic carbocycles. The van der Waals surface area contributed by atoms with Gasteiger partial charge in [0.2, 0.25) is 5.91 Å². The van der Waals surface area contributed by atoms with E-state index in [0.29, 0.717) is 32.6 Å². The molecule has 0 aromatic carbocycles. The summed E-state index contributed by atoms with van der Waals surface area (Å²) >= 11 is 0. The number of aliphatic hydroxyl groups is 1. The lowest BCUT2D eigenvalue weighted by Gasteiger charge is -2.55. The van der Waals surface area contributed by atoms with Crippen LogP contribution in [0.25, 0.3) is 0 Å². The highest BCUT2D eigenvalue weighted by atomic mass is 16.5. The Morgan fingerprint density at radius 2 is 2.17 bits per heavy atom. The van der Waals surface area contributed by atoms with Crippen LogP contribution < -0.4 is 5.32 Å². The molecule has 2 fully saturated rings. The molecule has 1 saturated carbocycles. The summed E-state index contributed by atoms with van der Waals surface area (Å²) in [5, 5.41) is 17.6. The third-order valence-corrected chi connectivity index (χ3v) is 5.31. The predicted molar refractivity (Wildman–Crippen MR) is 83.8 cm³/mol. The molecule has 3 rings (SSSR count). The molecule has 1 spiro atoms. The van der Waals surface area contributed by atoms with Gasteiger partial charge in [0.25, 0.3) is 0 Å². The summed E-state index contributed by atoms with van der Waals surface area (Å²) < 4.78 is 7.23. The van der Waals surface area contributed by atoms with Crippen LogP contribution in [0.1, 0.15) is 43.8 Å². The zero-order valence-electron chi connectivity index (χ0n) is 13.9. The first-order valence-corrected chi connectivity index (χ1v) is 8.44. The van der Waals surface area contributed by atoms with Gasteiger partial charge in [-0.2, -0.15) is 5.10 Å². The Hall–Kier alpha value is -1.47. The van der Waals surface area contributed by atoms with Gasteiger partial charge in [0.1, 0.15) is 11.6 Å². The van der Waals surface area contributed by atoms with Crippen LogP contribution in [0.15, 0.2) is 0 Å². The van der Waals surface area contributed by atoms with Gasteiger partial charge in [-0.05, 0) is 39.5 Å². The number of rotatable bonds is 5. The van der Waals surface area contributed by atoms with Gasteiger partial charge in [-0.1, -0.05) is 0 Å². The topological polar surface area (TPSA) is 89.3 Å². The second-order valence-electron chi connectivity index (χ2n) is 6.75. The smallest absolute Gasteiger partial charge is 0.220 e. The van der Waals surface area contributed by atoms with Gasteiger partial charge in [0.15, 0.2) is 0 Å². The number of aryl methyl sites for hydroxylation is 3. The van der Waals surface area contributed by atoms with Crippen molar-refractivity contribution in [2.45, 2.75) is 64.6 Å². The van der Waals surface area contributed by atoms with E-state index in [1.807, 2.05) is 18.5 Å². The molecule has 2 N–H and O–H groups in total. The average molecular weight is 322 g/mol. The Morgan fingerprint density at radius 3 is 2.78 bits per heavy atom. The summed E-state index contributed by atoms with van der Waals surface area (Å²) in [4.78, 5) is 16.4. The van der Waals surface area contributed by atoms with Crippen LogP contribution in [0.3, 0.4) is 0 Å². The molecule has 1 amide bonds. The molecule has 1 aromatic heterocycles. The molecule has 1 saturated heterocycles. The largest absolute Gasteiger partial charge is 0.392 e. The van der Waals surface area contributed by atoms with E-state index in [4.69, 9.17) is 4.74 Å². The number of hydrogen-bond acceptors (Lipinski definition) is 5. The first kappa shape index (κ1) is 16.4. The van der Waals surface area contributed by atoms with Gasteiger partial charge in [-0.3, -0.25) is 9.48 Å². The molecule has 7 heteroatoms. The van der Waals surface area contributed by atoms with Crippen LogP contribution in [-0.4, -0.2) is 51.1 Å². The lowest BCUT2D eigenvalue weighted by molar-refractivity contribution is -0.156. The minimum Gasteiger partial charge on any atom is -0.392 e. The van der Waals surface area contributed by atoms with Crippen molar-refractivity contribution in [1.29, 1.82) is 0 Å². The zero-order valence-corrected chi connectivity index (χ0v) is 13.9. The lowest BCUT2D eigenvalue weighted by atomic mass is 9.58. The van der Waals surface area contributed by atoms with E-state index in [2.05, 4.69) is 15.4 Å². The van der Waals surface area contributed by atoms with Gasteiger partial charge in [0, 0.05) is 37.6 Å². The molecule has 7 nitrogen and oxygen atoms in total. The van der Waals surface area contributed by atoms with Crippen molar-refractivity contribution >= 4 is 5.91 Å². The fourth-order valence-electron chi connectivity index (χ4n) is 3.83. The standard InChI is InChI=1S/C16H26N4O3/c1-11-17-12(2)20(19-11)7-3-4-15(22)18-13-10-14(21)16(13)5-8-23-9-6-16/h13-14,21H,3-10H2,1-2H3,(H,18,22)/t13-,14-/m1/s1. The fourth-order valence-corrected chi connectivity index (χ4v) is 3.83. The summed E-state index contributed by atoms with van der Waals surface area (Å²) in [6, 6.07) is 0.0873. The van der Waals surface area contributed by atoms with Crippen molar-refractivity contribution in [1.82, 2.24) is 20.1 Å². The molecule has 2 atom stereocenters. The van der Waals surface area contributed by atoms with Crippen molar-refractivity contribution < 1.29 is 14.6 Å². The first-order valence-electron chi connectivity index (χ1n) is 8.44. The highest BCUT2D eigenvalue weighted by molar-refractivity contribution is 5.76. The van der Waals surface area contributed by atoms with Crippen molar-refractivity contribution in [3.05, 3.63) is 11.6 Å². The summed E-state index contributed by atoms with van der Waals surface area (Å²) in [5.74, 6) is 1.70. The van der Waals surface area contributed by atoms with Crippen LogP contribution in [0, 0.1) is 19.3 Å². The van der Waals surface area contributed by atoms with Crippen molar-refractivity contribution in [3.63, 3.8) is 0 Å². The van der Waals surface area contributed by atoms with Gasteiger partial charge >= 0.3 is 0 Å². The molecule has 2 aliphatic rings. The third kappa shape index (κ3) is 3.26. The van der Waals surface area contributed by atoms with E-state index < -0.39 is 0 Å². The molecular weight excluding hydrogens is 296 g/mol. The number of amides is 1. The summed E-state index contributed by atoms with van der Waals surface area (Å²) in [6.07, 6.45) is 3.22. The molecule has 0 bridgehead atoms. The van der Waals surface area contributed by atoms with E-state index in [1.54, 1.807) is 0 Å². The predicted octanol–water partition coefficient (Wildman–Crippen LogP) is 0.721. The quantitative estimate of drug-likeness (QED) is 0.834. The Kier molecular flexibility index (Phi) is 4.68. The van der Waals surface area contributed by atoms with Gasteiger partial charge < -0.3 is 15.2 Å². The number of aromatic nitrogens is 3. The maximum absolute atomic E-state index is 12.2. The molecule has 0 unspecified atom stereocenters. The van der Waals surface area contributed by atoms with E-state index >= 15 is 0 Å².